The zero-order chi connectivity index (χ0) is 13.6. The highest BCUT2D eigenvalue weighted by Crippen LogP contribution is 2.33. The first-order chi connectivity index (χ1) is 9.13. The summed E-state index contributed by atoms with van der Waals surface area (Å²) in [5.74, 6) is 0.187. The zero-order valence-electron chi connectivity index (χ0n) is 9.72. The van der Waals surface area contributed by atoms with Crippen LogP contribution < -0.4 is 5.73 Å². The minimum absolute atomic E-state index is 0.187. The molecule has 8 nitrogen and oxygen atoms in total. The standard InChI is InChI=1S/C10H12FN5O3/c11-5-4(1-17)19-10(7(5)18)16-3-15-6-8(12)13-2-14-9(6)16/h2-5,7,10,17-18H,1H2,(H2,12,13,14)/t4-,5-,7+,10?/m1/s1. The van der Waals surface area contributed by atoms with Crippen LogP contribution in [0.5, 0.6) is 0 Å². The number of ether oxygens (including phenoxy) is 1. The number of aliphatic hydroxyl groups is 2. The third-order valence-electron chi connectivity index (χ3n) is 3.13. The molecule has 0 aliphatic carbocycles. The summed E-state index contributed by atoms with van der Waals surface area (Å²) in [6.07, 6.45) is -2.58. The summed E-state index contributed by atoms with van der Waals surface area (Å²) in [6, 6.07) is 0. The summed E-state index contributed by atoms with van der Waals surface area (Å²) < 4.78 is 20.3. The fraction of sp³-hybridized carbons (Fsp3) is 0.500. The van der Waals surface area contributed by atoms with Gasteiger partial charge in [0.1, 0.15) is 24.1 Å². The number of halogens is 1. The summed E-state index contributed by atoms with van der Waals surface area (Å²) in [4.78, 5) is 11.8. The molecule has 102 valence electrons. The molecule has 1 aliphatic rings. The van der Waals surface area contributed by atoms with E-state index in [4.69, 9.17) is 15.6 Å². The largest absolute Gasteiger partial charge is 0.394 e. The zero-order valence-corrected chi connectivity index (χ0v) is 9.72. The predicted octanol–water partition coefficient (Wildman–Crippen LogP) is -1.00. The van der Waals surface area contributed by atoms with E-state index in [0.717, 1.165) is 0 Å². The molecule has 3 heterocycles. The molecule has 1 fully saturated rings. The molecule has 0 aromatic carbocycles. The number of nitrogen functional groups attached to an aromatic ring is 1. The molecular weight excluding hydrogens is 257 g/mol. The van der Waals surface area contributed by atoms with E-state index in [2.05, 4.69) is 15.0 Å². The van der Waals surface area contributed by atoms with Crippen LogP contribution >= 0.6 is 0 Å². The Balaban J connectivity index is 2.04. The number of alkyl halides is 1. The topological polar surface area (TPSA) is 119 Å². The first kappa shape index (κ1) is 12.2. The Kier molecular flexibility index (Phi) is 2.81. The van der Waals surface area contributed by atoms with Crippen molar-refractivity contribution in [3.05, 3.63) is 12.7 Å². The SMILES string of the molecule is Nc1ncnc2c1ncn2C1O[C@H](CO)[C@@H](F)[C@@H]1O. The van der Waals surface area contributed by atoms with Crippen LogP contribution in [0.25, 0.3) is 11.2 Å². The second kappa shape index (κ2) is 4.37. The molecule has 0 saturated carbocycles. The van der Waals surface area contributed by atoms with Gasteiger partial charge in [0.25, 0.3) is 0 Å². The number of aliphatic hydroxyl groups excluding tert-OH is 2. The van der Waals surface area contributed by atoms with Crippen molar-refractivity contribution in [1.82, 2.24) is 19.5 Å². The summed E-state index contributed by atoms with van der Waals surface area (Å²) in [5, 5.41) is 18.8. The van der Waals surface area contributed by atoms with E-state index in [0.29, 0.717) is 11.2 Å². The van der Waals surface area contributed by atoms with Crippen molar-refractivity contribution in [2.45, 2.75) is 24.6 Å². The van der Waals surface area contributed by atoms with Crippen molar-refractivity contribution < 1.29 is 19.3 Å². The average Bonchev–Trinajstić information content (AvgIpc) is 2.94. The Morgan fingerprint density at radius 1 is 1.42 bits per heavy atom. The van der Waals surface area contributed by atoms with E-state index in [9.17, 15) is 9.50 Å². The Bertz CT molecular complexity index is 606. The number of fused-ring (bicyclic) bond motifs is 1. The summed E-state index contributed by atoms with van der Waals surface area (Å²) in [6.45, 7) is -0.515. The molecule has 0 bridgehead atoms. The van der Waals surface area contributed by atoms with E-state index in [-0.39, 0.29) is 5.82 Å². The number of imidazole rings is 1. The molecule has 3 rings (SSSR count). The van der Waals surface area contributed by atoms with Crippen molar-refractivity contribution in [2.75, 3.05) is 12.3 Å². The van der Waals surface area contributed by atoms with Crippen molar-refractivity contribution in [3.63, 3.8) is 0 Å². The third kappa shape index (κ3) is 1.74. The number of aromatic nitrogens is 4. The maximum absolute atomic E-state index is 13.7. The van der Waals surface area contributed by atoms with Crippen molar-refractivity contribution >= 4 is 17.0 Å². The van der Waals surface area contributed by atoms with Gasteiger partial charge in [0.2, 0.25) is 0 Å². The lowest BCUT2D eigenvalue weighted by atomic mass is 10.1. The highest BCUT2D eigenvalue weighted by molar-refractivity contribution is 5.81. The van der Waals surface area contributed by atoms with Gasteiger partial charge in [0, 0.05) is 0 Å². The van der Waals surface area contributed by atoms with Gasteiger partial charge in [-0.15, -0.1) is 0 Å². The number of nitrogens with zero attached hydrogens (tertiary/aromatic N) is 4. The molecule has 4 N–H and O–H groups in total. The predicted molar refractivity (Wildman–Crippen MR) is 61.6 cm³/mol. The van der Waals surface area contributed by atoms with Crippen LogP contribution in [-0.2, 0) is 4.74 Å². The Hall–Kier alpha value is -1.84. The highest BCUT2D eigenvalue weighted by atomic mass is 19.1. The van der Waals surface area contributed by atoms with Crippen LogP contribution in [0.3, 0.4) is 0 Å². The van der Waals surface area contributed by atoms with E-state index < -0.39 is 31.2 Å². The second-order valence-electron chi connectivity index (χ2n) is 4.27. The van der Waals surface area contributed by atoms with Gasteiger partial charge in [-0.25, -0.2) is 19.3 Å². The number of anilines is 1. The van der Waals surface area contributed by atoms with Crippen molar-refractivity contribution in [1.29, 1.82) is 0 Å². The van der Waals surface area contributed by atoms with Crippen LogP contribution in [0.15, 0.2) is 12.7 Å². The molecule has 2 aromatic rings. The molecule has 1 saturated heterocycles. The second-order valence-corrected chi connectivity index (χ2v) is 4.27. The number of nitrogens with two attached hydrogens (primary N) is 1. The molecular formula is C10H12FN5O3. The van der Waals surface area contributed by atoms with Gasteiger partial charge < -0.3 is 20.7 Å². The highest BCUT2D eigenvalue weighted by Gasteiger charge is 2.45. The van der Waals surface area contributed by atoms with Gasteiger partial charge >= 0.3 is 0 Å². The van der Waals surface area contributed by atoms with Crippen LogP contribution in [0, 0.1) is 0 Å². The molecule has 0 amide bonds. The molecule has 4 atom stereocenters. The Morgan fingerprint density at radius 3 is 2.89 bits per heavy atom. The fourth-order valence-electron chi connectivity index (χ4n) is 2.14. The van der Waals surface area contributed by atoms with Crippen LogP contribution in [-0.4, -0.2) is 54.7 Å². The van der Waals surface area contributed by atoms with Crippen LogP contribution in [0.1, 0.15) is 6.23 Å². The quantitative estimate of drug-likeness (QED) is 0.639. The van der Waals surface area contributed by atoms with Crippen LogP contribution in [0.4, 0.5) is 10.2 Å². The fourth-order valence-corrected chi connectivity index (χ4v) is 2.14. The van der Waals surface area contributed by atoms with E-state index in [1.54, 1.807) is 0 Å². The average molecular weight is 269 g/mol. The number of hydrogen-bond donors (Lipinski definition) is 3. The van der Waals surface area contributed by atoms with Gasteiger partial charge in [-0.05, 0) is 0 Å². The lowest BCUT2D eigenvalue weighted by Crippen LogP contribution is -2.29. The summed E-state index contributed by atoms with van der Waals surface area (Å²) in [7, 11) is 0. The van der Waals surface area contributed by atoms with Gasteiger partial charge in [0.05, 0.1) is 12.9 Å². The Morgan fingerprint density at radius 2 is 2.21 bits per heavy atom. The molecule has 0 spiro atoms. The minimum Gasteiger partial charge on any atom is -0.394 e. The van der Waals surface area contributed by atoms with Crippen LogP contribution in [0.2, 0.25) is 0 Å². The first-order valence-electron chi connectivity index (χ1n) is 5.65. The number of rotatable bonds is 2. The van der Waals surface area contributed by atoms with Gasteiger partial charge in [0.15, 0.2) is 23.9 Å². The number of hydrogen-bond acceptors (Lipinski definition) is 7. The minimum atomic E-state index is -1.67. The summed E-state index contributed by atoms with van der Waals surface area (Å²) >= 11 is 0. The van der Waals surface area contributed by atoms with Gasteiger partial charge in [-0.3, -0.25) is 4.57 Å². The maximum atomic E-state index is 13.7. The lowest BCUT2D eigenvalue weighted by Gasteiger charge is -2.15. The van der Waals surface area contributed by atoms with Gasteiger partial charge in [-0.1, -0.05) is 0 Å². The van der Waals surface area contributed by atoms with E-state index >= 15 is 0 Å². The summed E-state index contributed by atoms with van der Waals surface area (Å²) in [5.41, 5.74) is 6.32. The monoisotopic (exact) mass is 269 g/mol. The molecule has 19 heavy (non-hydrogen) atoms. The molecule has 1 aliphatic heterocycles. The molecule has 1 unspecified atom stereocenters. The Labute approximate surface area is 106 Å². The third-order valence-corrected chi connectivity index (χ3v) is 3.13. The van der Waals surface area contributed by atoms with Crippen molar-refractivity contribution in [3.8, 4) is 0 Å². The molecule has 0 radical (unpaired) electrons. The van der Waals surface area contributed by atoms with Gasteiger partial charge in [-0.2, -0.15) is 0 Å². The van der Waals surface area contributed by atoms with E-state index in [1.807, 2.05) is 0 Å². The van der Waals surface area contributed by atoms with Crippen molar-refractivity contribution in [2.24, 2.45) is 0 Å². The lowest BCUT2D eigenvalue weighted by molar-refractivity contribution is -0.0495. The smallest absolute Gasteiger partial charge is 0.167 e. The maximum Gasteiger partial charge on any atom is 0.167 e. The van der Waals surface area contributed by atoms with E-state index in [1.165, 1.54) is 17.2 Å². The molecule has 9 heteroatoms. The molecule has 2 aromatic heterocycles. The normalized spacial score (nSPS) is 31.1. The first-order valence-corrected chi connectivity index (χ1v) is 5.65.